The molecule has 2 aromatic rings. The first-order chi connectivity index (χ1) is 10.7. The van der Waals surface area contributed by atoms with E-state index in [0.717, 1.165) is 4.90 Å². The van der Waals surface area contributed by atoms with E-state index in [1.807, 2.05) is 18.2 Å². The van der Waals surface area contributed by atoms with Crippen LogP contribution < -0.4 is 4.74 Å². The number of aliphatic hydroxyl groups excluding tert-OH is 1. The standard InChI is InChI=1S/C17H15NO4/c19-12(11-22-13-6-2-1-3-7-13)10-18-16(20)14-8-4-5-9-15(14)17(18)21/h1-9,12,19H,10-11H2/t12-/m0/s1. The SMILES string of the molecule is O=C1c2ccccc2C(=O)N1C[C@H](O)COc1ccccc1. The second-order valence-corrected chi connectivity index (χ2v) is 5.04. The van der Waals surface area contributed by atoms with E-state index in [-0.39, 0.29) is 25.0 Å². The minimum Gasteiger partial charge on any atom is -0.491 e. The molecular weight excluding hydrogens is 282 g/mol. The third-order valence-corrected chi connectivity index (χ3v) is 3.46. The fourth-order valence-electron chi connectivity index (χ4n) is 2.38. The first-order valence-electron chi connectivity index (χ1n) is 6.98. The second-order valence-electron chi connectivity index (χ2n) is 5.04. The molecule has 1 aliphatic heterocycles. The normalized spacial score (nSPS) is 14.9. The summed E-state index contributed by atoms with van der Waals surface area (Å²) in [5.41, 5.74) is 0.757. The number of aliphatic hydroxyl groups is 1. The van der Waals surface area contributed by atoms with Gasteiger partial charge in [-0.3, -0.25) is 14.5 Å². The topological polar surface area (TPSA) is 66.8 Å². The quantitative estimate of drug-likeness (QED) is 0.853. The third-order valence-electron chi connectivity index (χ3n) is 3.46. The Kier molecular flexibility index (Phi) is 3.89. The van der Waals surface area contributed by atoms with E-state index in [9.17, 15) is 14.7 Å². The minimum atomic E-state index is -0.942. The zero-order valence-corrected chi connectivity index (χ0v) is 11.8. The molecule has 1 heterocycles. The Balaban J connectivity index is 1.62. The van der Waals surface area contributed by atoms with Crippen LogP contribution in [0.3, 0.4) is 0 Å². The van der Waals surface area contributed by atoms with Crippen LogP contribution in [0, 0.1) is 0 Å². The van der Waals surface area contributed by atoms with Crippen LogP contribution in [-0.2, 0) is 0 Å². The van der Waals surface area contributed by atoms with Crippen molar-refractivity contribution >= 4 is 11.8 Å². The van der Waals surface area contributed by atoms with E-state index in [1.165, 1.54) is 0 Å². The molecule has 3 rings (SSSR count). The smallest absolute Gasteiger partial charge is 0.261 e. The fourth-order valence-corrected chi connectivity index (χ4v) is 2.38. The van der Waals surface area contributed by atoms with Gasteiger partial charge in [-0.2, -0.15) is 0 Å². The number of nitrogens with zero attached hydrogens (tertiary/aromatic N) is 1. The Morgan fingerprint density at radius 2 is 1.45 bits per heavy atom. The number of hydrogen-bond donors (Lipinski definition) is 1. The van der Waals surface area contributed by atoms with Gasteiger partial charge in [-0.1, -0.05) is 30.3 Å². The van der Waals surface area contributed by atoms with Crippen LogP contribution in [0.15, 0.2) is 54.6 Å². The predicted octanol–water partition coefficient (Wildman–Crippen LogP) is 1.72. The van der Waals surface area contributed by atoms with Crippen LogP contribution in [-0.4, -0.2) is 41.1 Å². The van der Waals surface area contributed by atoms with Crippen molar-refractivity contribution in [3.63, 3.8) is 0 Å². The number of hydrogen-bond acceptors (Lipinski definition) is 4. The Labute approximate surface area is 127 Å². The fraction of sp³-hybridized carbons (Fsp3) is 0.176. The van der Waals surface area contributed by atoms with Crippen molar-refractivity contribution in [3.8, 4) is 5.75 Å². The number of carbonyl (C=O) groups is 2. The number of rotatable bonds is 5. The lowest BCUT2D eigenvalue weighted by atomic mass is 10.1. The van der Waals surface area contributed by atoms with Gasteiger partial charge in [-0.15, -0.1) is 0 Å². The van der Waals surface area contributed by atoms with Gasteiger partial charge in [0.25, 0.3) is 11.8 Å². The number of imide groups is 1. The number of benzene rings is 2. The largest absolute Gasteiger partial charge is 0.491 e. The van der Waals surface area contributed by atoms with Crippen LogP contribution >= 0.6 is 0 Å². The second kappa shape index (κ2) is 5.99. The maximum absolute atomic E-state index is 12.2. The molecule has 0 saturated heterocycles. The van der Waals surface area contributed by atoms with E-state index >= 15 is 0 Å². The molecule has 22 heavy (non-hydrogen) atoms. The first-order valence-corrected chi connectivity index (χ1v) is 6.98. The molecule has 1 atom stereocenters. The van der Waals surface area contributed by atoms with Gasteiger partial charge in [0.15, 0.2) is 0 Å². The lowest BCUT2D eigenvalue weighted by Crippen LogP contribution is -2.39. The van der Waals surface area contributed by atoms with Crippen molar-refractivity contribution in [1.29, 1.82) is 0 Å². The molecule has 5 nitrogen and oxygen atoms in total. The van der Waals surface area contributed by atoms with Crippen molar-refractivity contribution < 1.29 is 19.4 Å². The molecule has 2 aromatic carbocycles. The van der Waals surface area contributed by atoms with Crippen molar-refractivity contribution in [2.45, 2.75) is 6.10 Å². The highest BCUT2D eigenvalue weighted by molar-refractivity contribution is 6.21. The molecule has 0 radical (unpaired) electrons. The summed E-state index contributed by atoms with van der Waals surface area (Å²) in [4.78, 5) is 25.4. The lowest BCUT2D eigenvalue weighted by molar-refractivity contribution is 0.0457. The molecule has 0 aliphatic carbocycles. The highest BCUT2D eigenvalue weighted by Crippen LogP contribution is 2.22. The molecular formula is C17H15NO4. The lowest BCUT2D eigenvalue weighted by Gasteiger charge is -2.18. The Morgan fingerprint density at radius 3 is 2.05 bits per heavy atom. The third kappa shape index (κ3) is 2.71. The Morgan fingerprint density at radius 1 is 0.909 bits per heavy atom. The van der Waals surface area contributed by atoms with Gasteiger partial charge in [-0.25, -0.2) is 0 Å². The summed E-state index contributed by atoms with van der Waals surface area (Å²) in [6.45, 7) is -0.0728. The number of amides is 2. The number of para-hydroxylation sites is 1. The molecule has 0 unspecified atom stereocenters. The zero-order valence-electron chi connectivity index (χ0n) is 11.8. The molecule has 0 bridgehead atoms. The van der Waals surface area contributed by atoms with E-state index in [2.05, 4.69) is 0 Å². The van der Waals surface area contributed by atoms with Crippen LogP contribution in [0.5, 0.6) is 5.75 Å². The summed E-state index contributed by atoms with van der Waals surface area (Å²) in [5, 5.41) is 10.0. The predicted molar refractivity (Wildman–Crippen MR) is 79.8 cm³/mol. The molecule has 112 valence electrons. The van der Waals surface area contributed by atoms with Gasteiger partial charge in [-0.05, 0) is 24.3 Å². The molecule has 0 fully saturated rings. The Hall–Kier alpha value is -2.66. The van der Waals surface area contributed by atoms with Crippen LogP contribution in [0.25, 0.3) is 0 Å². The minimum absolute atomic E-state index is 0.0113. The maximum atomic E-state index is 12.2. The molecule has 0 aromatic heterocycles. The van der Waals surface area contributed by atoms with Gasteiger partial charge in [0.05, 0.1) is 17.7 Å². The van der Waals surface area contributed by atoms with Crippen molar-refractivity contribution in [3.05, 3.63) is 65.7 Å². The molecule has 0 spiro atoms. The summed E-state index contributed by atoms with van der Waals surface area (Å²) < 4.78 is 5.43. The average molecular weight is 297 g/mol. The van der Waals surface area contributed by atoms with Crippen LogP contribution in [0.2, 0.25) is 0 Å². The summed E-state index contributed by atoms with van der Waals surface area (Å²) in [7, 11) is 0. The number of carbonyl (C=O) groups excluding carboxylic acids is 2. The Bertz CT molecular complexity index is 664. The van der Waals surface area contributed by atoms with Gasteiger partial charge < -0.3 is 9.84 Å². The van der Waals surface area contributed by atoms with E-state index < -0.39 is 6.10 Å². The van der Waals surface area contributed by atoms with E-state index in [4.69, 9.17) is 4.74 Å². The van der Waals surface area contributed by atoms with Crippen LogP contribution in [0.1, 0.15) is 20.7 Å². The summed E-state index contributed by atoms with van der Waals surface area (Å²) >= 11 is 0. The molecule has 0 saturated carbocycles. The summed E-state index contributed by atoms with van der Waals surface area (Å²) in [6.07, 6.45) is -0.942. The van der Waals surface area contributed by atoms with Crippen molar-refractivity contribution in [1.82, 2.24) is 4.90 Å². The number of β-amino-alcohol motifs (C(OH)–C–C–N with tert-alkyl or cyclic N) is 1. The maximum Gasteiger partial charge on any atom is 0.261 e. The highest BCUT2D eigenvalue weighted by Gasteiger charge is 2.36. The molecule has 1 aliphatic rings. The van der Waals surface area contributed by atoms with Gasteiger partial charge in [0, 0.05) is 0 Å². The van der Waals surface area contributed by atoms with Gasteiger partial charge in [0.2, 0.25) is 0 Å². The van der Waals surface area contributed by atoms with E-state index in [0.29, 0.717) is 16.9 Å². The zero-order chi connectivity index (χ0) is 15.5. The molecule has 5 heteroatoms. The molecule has 1 N–H and O–H groups in total. The van der Waals surface area contributed by atoms with Gasteiger partial charge >= 0.3 is 0 Å². The van der Waals surface area contributed by atoms with Gasteiger partial charge in [0.1, 0.15) is 18.5 Å². The monoisotopic (exact) mass is 297 g/mol. The first kappa shape index (κ1) is 14.3. The molecule has 2 amide bonds. The number of fused-ring (bicyclic) bond motifs is 1. The summed E-state index contributed by atoms with van der Waals surface area (Å²) in [5.74, 6) is -0.123. The summed E-state index contributed by atoms with van der Waals surface area (Å²) in [6, 6.07) is 15.7. The van der Waals surface area contributed by atoms with Crippen molar-refractivity contribution in [2.75, 3.05) is 13.2 Å². The number of ether oxygens (including phenoxy) is 1. The van der Waals surface area contributed by atoms with Crippen molar-refractivity contribution in [2.24, 2.45) is 0 Å². The van der Waals surface area contributed by atoms with E-state index in [1.54, 1.807) is 36.4 Å². The average Bonchev–Trinajstić information content (AvgIpc) is 2.79. The highest BCUT2D eigenvalue weighted by atomic mass is 16.5. The van der Waals surface area contributed by atoms with Crippen LogP contribution in [0.4, 0.5) is 0 Å².